The number of carbonyl (C=O) groups is 1. The standard InChI is InChI=1S/C20H26FN2O6P/c1-4-26-20(24)19-18-16(23(22-19)15-9-7-14(21)8-10-15)11-12-17(18)27-13-30(25,28-5-2)29-6-3/h7-10,17H,4-6,11-13H2,1-3H3. The fraction of sp³-hybridized carbons (Fsp3) is 0.500. The van der Waals surface area contributed by atoms with Gasteiger partial charge in [0, 0.05) is 5.56 Å². The van der Waals surface area contributed by atoms with Crippen molar-refractivity contribution in [2.45, 2.75) is 39.7 Å². The lowest BCUT2D eigenvalue weighted by molar-refractivity contribution is 0.0488. The van der Waals surface area contributed by atoms with Crippen LogP contribution in [0.25, 0.3) is 5.69 Å². The van der Waals surface area contributed by atoms with Gasteiger partial charge < -0.3 is 18.5 Å². The molecule has 2 aromatic rings. The summed E-state index contributed by atoms with van der Waals surface area (Å²) in [6.07, 6.45) is 0.405. The second kappa shape index (κ2) is 9.83. The van der Waals surface area contributed by atoms with Gasteiger partial charge >= 0.3 is 13.6 Å². The summed E-state index contributed by atoms with van der Waals surface area (Å²) in [6, 6.07) is 5.84. The summed E-state index contributed by atoms with van der Waals surface area (Å²) in [4.78, 5) is 12.5. The van der Waals surface area contributed by atoms with Crippen LogP contribution in [0, 0.1) is 5.82 Å². The third-order valence-electron chi connectivity index (χ3n) is 4.61. The quantitative estimate of drug-likeness (QED) is 0.399. The van der Waals surface area contributed by atoms with E-state index in [-0.39, 0.29) is 37.7 Å². The van der Waals surface area contributed by atoms with Gasteiger partial charge in [-0.2, -0.15) is 5.10 Å². The van der Waals surface area contributed by atoms with Crippen LogP contribution in [0.15, 0.2) is 24.3 Å². The Hall–Kier alpha value is -2.06. The van der Waals surface area contributed by atoms with Crippen LogP contribution in [-0.4, -0.2) is 41.9 Å². The molecule has 1 aliphatic rings. The number of halogens is 1. The Labute approximate surface area is 174 Å². The molecule has 0 N–H and O–H groups in total. The average Bonchev–Trinajstić information content (AvgIpc) is 3.28. The van der Waals surface area contributed by atoms with Crippen LogP contribution in [0.1, 0.15) is 55.0 Å². The van der Waals surface area contributed by atoms with E-state index in [9.17, 15) is 13.8 Å². The van der Waals surface area contributed by atoms with Crippen molar-refractivity contribution in [1.29, 1.82) is 0 Å². The Bertz CT molecular complexity index is 920. The molecule has 10 heteroatoms. The molecule has 0 amide bonds. The number of fused-ring (bicyclic) bond motifs is 1. The third-order valence-corrected chi connectivity index (χ3v) is 6.38. The summed E-state index contributed by atoms with van der Waals surface area (Å²) in [5.74, 6) is -0.931. The number of benzene rings is 1. The van der Waals surface area contributed by atoms with Crippen LogP contribution in [0.4, 0.5) is 4.39 Å². The highest BCUT2D eigenvalue weighted by Gasteiger charge is 2.37. The van der Waals surface area contributed by atoms with E-state index in [0.29, 0.717) is 24.1 Å². The van der Waals surface area contributed by atoms with E-state index in [2.05, 4.69) is 5.10 Å². The Morgan fingerprint density at radius 2 is 1.83 bits per heavy atom. The zero-order valence-corrected chi connectivity index (χ0v) is 18.2. The number of esters is 1. The first kappa shape index (κ1) is 22.6. The van der Waals surface area contributed by atoms with Crippen molar-refractivity contribution in [3.63, 3.8) is 0 Å². The number of rotatable bonds is 10. The van der Waals surface area contributed by atoms with Crippen molar-refractivity contribution in [2.75, 3.05) is 26.2 Å². The molecule has 164 valence electrons. The summed E-state index contributed by atoms with van der Waals surface area (Å²) in [7, 11) is -3.40. The minimum absolute atomic E-state index is 0.140. The maximum Gasteiger partial charge on any atom is 0.359 e. The lowest BCUT2D eigenvalue weighted by atomic mass is 10.1. The first-order valence-corrected chi connectivity index (χ1v) is 11.7. The molecule has 0 saturated heterocycles. The van der Waals surface area contributed by atoms with Gasteiger partial charge in [0.25, 0.3) is 0 Å². The molecule has 1 heterocycles. The minimum atomic E-state index is -3.40. The van der Waals surface area contributed by atoms with Crippen molar-refractivity contribution < 1.29 is 32.3 Å². The Balaban J connectivity index is 1.93. The molecule has 3 rings (SSSR count). The molecule has 0 saturated carbocycles. The number of hydrogen-bond donors (Lipinski definition) is 0. The van der Waals surface area contributed by atoms with E-state index in [4.69, 9.17) is 18.5 Å². The first-order chi connectivity index (χ1) is 14.4. The van der Waals surface area contributed by atoms with Gasteiger partial charge in [0.15, 0.2) is 5.69 Å². The maximum absolute atomic E-state index is 13.3. The molecule has 1 unspecified atom stereocenters. The maximum atomic E-state index is 13.3. The number of ether oxygens (including phenoxy) is 2. The highest BCUT2D eigenvalue weighted by atomic mass is 31.2. The fourth-order valence-electron chi connectivity index (χ4n) is 3.46. The van der Waals surface area contributed by atoms with Gasteiger partial charge in [-0.1, -0.05) is 0 Å². The van der Waals surface area contributed by atoms with E-state index in [1.165, 1.54) is 12.1 Å². The molecule has 30 heavy (non-hydrogen) atoms. The molecule has 0 spiro atoms. The normalized spacial score (nSPS) is 15.9. The van der Waals surface area contributed by atoms with Crippen LogP contribution >= 0.6 is 7.60 Å². The molecule has 1 atom stereocenters. The van der Waals surface area contributed by atoms with Gasteiger partial charge in [0.2, 0.25) is 0 Å². The second-order valence-electron chi connectivity index (χ2n) is 6.59. The molecular weight excluding hydrogens is 414 g/mol. The third kappa shape index (κ3) is 4.81. The monoisotopic (exact) mass is 440 g/mol. The van der Waals surface area contributed by atoms with Crippen molar-refractivity contribution in [1.82, 2.24) is 9.78 Å². The largest absolute Gasteiger partial charge is 0.461 e. The van der Waals surface area contributed by atoms with Crippen molar-refractivity contribution in [3.8, 4) is 5.69 Å². The van der Waals surface area contributed by atoms with Crippen LogP contribution in [-0.2, 0) is 29.5 Å². The molecule has 0 fully saturated rings. The topological polar surface area (TPSA) is 88.9 Å². The van der Waals surface area contributed by atoms with Gasteiger partial charge in [-0.25, -0.2) is 13.9 Å². The highest BCUT2D eigenvalue weighted by molar-refractivity contribution is 7.53. The Morgan fingerprint density at radius 3 is 2.43 bits per heavy atom. The number of nitrogens with zero attached hydrogens (tertiary/aromatic N) is 2. The predicted molar refractivity (Wildman–Crippen MR) is 107 cm³/mol. The summed E-state index contributed by atoms with van der Waals surface area (Å²) in [6.45, 7) is 5.83. The molecule has 1 aromatic carbocycles. The smallest absolute Gasteiger partial charge is 0.359 e. The highest BCUT2D eigenvalue weighted by Crippen LogP contribution is 2.50. The number of aromatic nitrogens is 2. The Kier molecular flexibility index (Phi) is 7.41. The van der Waals surface area contributed by atoms with E-state index < -0.39 is 19.7 Å². The summed E-state index contributed by atoms with van der Waals surface area (Å²) in [5.41, 5.74) is 2.13. The van der Waals surface area contributed by atoms with Crippen LogP contribution in [0.2, 0.25) is 0 Å². The van der Waals surface area contributed by atoms with Crippen LogP contribution in [0.3, 0.4) is 0 Å². The van der Waals surface area contributed by atoms with Gasteiger partial charge in [-0.05, 0) is 57.9 Å². The molecule has 0 aliphatic heterocycles. The predicted octanol–water partition coefficient (Wildman–Crippen LogP) is 4.42. The molecule has 1 aromatic heterocycles. The lowest BCUT2D eigenvalue weighted by Crippen LogP contribution is -2.12. The van der Waals surface area contributed by atoms with E-state index in [0.717, 1.165) is 5.69 Å². The SMILES string of the molecule is CCOC(=O)c1nn(-c2ccc(F)cc2)c2c1C(OCP(=O)(OCC)OCC)CC2. The zero-order chi connectivity index (χ0) is 21.7. The van der Waals surface area contributed by atoms with Crippen molar-refractivity contribution in [2.24, 2.45) is 0 Å². The molecular formula is C20H26FN2O6P. The van der Waals surface area contributed by atoms with E-state index >= 15 is 0 Å². The summed E-state index contributed by atoms with van der Waals surface area (Å²) < 4.78 is 49.3. The lowest BCUT2D eigenvalue weighted by Gasteiger charge is -2.20. The van der Waals surface area contributed by atoms with Crippen molar-refractivity contribution >= 4 is 13.6 Å². The molecule has 8 nitrogen and oxygen atoms in total. The Morgan fingerprint density at radius 1 is 1.17 bits per heavy atom. The van der Waals surface area contributed by atoms with Gasteiger partial charge in [0.1, 0.15) is 12.2 Å². The number of carbonyl (C=O) groups excluding carboxylic acids is 1. The molecule has 0 radical (unpaired) electrons. The molecule has 0 bridgehead atoms. The number of hydrogen-bond acceptors (Lipinski definition) is 7. The van der Waals surface area contributed by atoms with E-state index in [1.54, 1.807) is 37.6 Å². The van der Waals surface area contributed by atoms with Gasteiger partial charge in [-0.3, -0.25) is 4.57 Å². The summed E-state index contributed by atoms with van der Waals surface area (Å²) >= 11 is 0. The summed E-state index contributed by atoms with van der Waals surface area (Å²) in [5, 5.41) is 4.43. The zero-order valence-electron chi connectivity index (χ0n) is 17.3. The van der Waals surface area contributed by atoms with E-state index in [1.807, 2.05) is 0 Å². The van der Waals surface area contributed by atoms with Gasteiger partial charge in [0.05, 0.1) is 37.3 Å². The van der Waals surface area contributed by atoms with Crippen LogP contribution in [0.5, 0.6) is 0 Å². The van der Waals surface area contributed by atoms with Crippen molar-refractivity contribution in [3.05, 3.63) is 47.0 Å². The van der Waals surface area contributed by atoms with Gasteiger partial charge in [-0.15, -0.1) is 0 Å². The average molecular weight is 440 g/mol. The fourth-order valence-corrected chi connectivity index (χ4v) is 4.83. The first-order valence-electron chi connectivity index (χ1n) is 9.97. The van der Waals surface area contributed by atoms with Crippen LogP contribution < -0.4 is 0 Å². The molecule has 1 aliphatic carbocycles. The minimum Gasteiger partial charge on any atom is -0.461 e. The second-order valence-corrected chi connectivity index (χ2v) is 8.58.